The van der Waals surface area contributed by atoms with E-state index in [0.717, 1.165) is 22.8 Å². The maximum Gasteiger partial charge on any atom is 0.418 e. The third kappa shape index (κ3) is 5.50. The number of aromatic nitrogens is 6. The third-order valence-corrected chi connectivity index (χ3v) is 8.52. The van der Waals surface area contributed by atoms with Crippen LogP contribution in [-0.4, -0.2) is 62.8 Å². The summed E-state index contributed by atoms with van der Waals surface area (Å²) in [6, 6.07) is 13.4. The van der Waals surface area contributed by atoms with Gasteiger partial charge in [-0.25, -0.2) is 24.7 Å². The van der Waals surface area contributed by atoms with E-state index < -0.39 is 17.4 Å². The van der Waals surface area contributed by atoms with Crippen LogP contribution < -0.4 is 26.0 Å². The number of nitrogens with zero attached hydrogens (tertiary/aromatic N) is 7. The zero-order valence-electron chi connectivity index (χ0n) is 25.5. The number of halogens is 3. The van der Waals surface area contributed by atoms with Gasteiger partial charge in [0.15, 0.2) is 0 Å². The fourth-order valence-electron chi connectivity index (χ4n) is 6.00. The molecule has 3 N–H and O–H groups in total. The van der Waals surface area contributed by atoms with Gasteiger partial charge in [0.05, 0.1) is 34.9 Å². The summed E-state index contributed by atoms with van der Waals surface area (Å²) in [6.45, 7) is 1.93. The molecule has 1 aliphatic rings. The summed E-state index contributed by atoms with van der Waals surface area (Å²) in [6.07, 6.45) is 0.361. The van der Waals surface area contributed by atoms with Crippen molar-refractivity contribution in [2.45, 2.75) is 12.7 Å². The molecule has 6 aromatic rings. The van der Waals surface area contributed by atoms with Gasteiger partial charge in [-0.15, -0.1) is 0 Å². The predicted molar refractivity (Wildman–Crippen MR) is 173 cm³/mol. The topological polar surface area (TPSA) is 131 Å². The first-order chi connectivity index (χ1) is 22.6. The average molecular weight is 642 g/mol. The molecule has 0 saturated carbocycles. The number of aryl methyl sites for hydroxylation is 1. The molecule has 4 aromatic heterocycles. The monoisotopic (exact) mass is 641 g/mol. The zero-order chi connectivity index (χ0) is 32.9. The number of methoxy groups -OCH3 is 1. The molecule has 0 aliphatic carbocycles. The van der Waals surface area contributed by atoms with E-state index in [1.54, 1.807) is 48.7 Å². The minimum atomic E-state index is -4.63. The number of benzene rings is 2. The van der Waals surface area contributed by atoms with Crippen LogP contribution in [0.1, 0.15) is 11.1 Å². The highest BCUT2D eigenvalue weighted by Gasteiger charge is 2.36. The van der Waals surface area contributed by atoms with E-state index in [4.69, 9.17) is 15.5 Å². The fraction of sp³-hybridized carbons (Fsp3) is 0.242. The number of alkyl halides is 3. The molecule has 0 amide bonds. The van der Waals surface area contributed by atoms with Crippen LogP contribution in [0.4, 0.5) is 24.8 Å². The second kappa shape index (κ2) is 11.7. The Morgan fingerprint density at radius 2 is 1.60 bits per heavy atom. The Balaban J connectivity index is 1.26. The quantitative estimate of drug-likeness (QED) is 0.265. The molecule has 1 fully saturated rings. The van der Waals surface area contributed by atoms with Gasteiger partial charge in [0, 0.05) is 92.2 Å². The zero-order valence-corrected chi connectivity index (χ0v) is 25.5. The van der Waals surface area contributed by atoms with Gasteiger partial charge in [-0.3, -0.25) is 4.57 Å². The molecule has 2 aromatic carbocycles. The van der Waals surface area contributed by atoms with E-state index in [1.165, 1.54) is 17.7 Å². The Morgan fingerprint density at radius 1 is 0.894 bits per heavy atom. The lowest BCUT2D eigenvalue weighted by Crippen LogP contribution is -2.47. The lowest BCUT2D eigenvalue weighted by Gasteiger charge is -2.37. The predicted octanol–water partition coefficient (Wildman–Crippen LogP) is 4.75. The van der Waals surface area contributed by atoms with Crippen molar-refractivity contribution in [3.8, 4) is 28.3 Å². The minimum Gasteiger partial charge on any atom is -0.481 e. The first-order valence-corrected chi connectivity index (χ1v) is 14.9. The van der Waals surface area contributed by atoms with Gasteiger partial charge in [-0.05, 0) is 35.9 Å². The number of piperazine rings is 1. The Hall–Kier alpha value is -5.50. The van der Waals surface area contributed by atoms with Crippen molar-refractivity contribution in [1.29, 1.82) is 0 Å². The standard InChI is InChI=1S/C33H30F3N9O2/c1-43-30-28(41-25-6-3-20(13-23(25)29(30)42-32(43)46)22-5-8-27(47-2)38-18-22)21-4-7-26(24(14-21)33(34,35)36)44-9-11-45(12-10-44)31-39-16-19(15-37)17-40-31/h3-8,13-14,16-18H,9-12,15,37H2,1-2H3,(H,42,46). The van der Waals surface area contributed by atoms with Gasteiger partial charge in [-0.1, -0.05) is 12.1 Å². The second-order valence-corrected chi connectivity index (χ2v) is 11.3. The Bertz CT molecular complexity index is 2150. The van der Waals surface area contributed by atoms with Crippen molar-refractivity contribution in [3.05, 3.63) is 88.7 Å². The summed E-state index contributed by atoms with van der Waals surface area (Å²) < 4.78 is 50.5. The molecule has 0 unspecified atom stereocenters. The fourth-order valence-corrected chi connectivity index (χ4v) is 6.00. The van der Waals surface area contributed by atoms with E-state index in [9.17, 15) is 18.0 Å². The highest BCUT2D eigenvalue weighted by Crippen LogP contribution is 2.41. The number of nitrogens with two attached hydrogens (primary N) is 1. The molecule has 240 valence electrons. The minimum absolute atomic E-state index is 0.0815. The van der Waals surface area contributed by atoms with Crippen molar-refractivity contribution >= 4 is 33.6 Å². The van der Waals surface area contributed by atoms with Gasteiger partial charge < -0.3 is 25.3 Å². The van der Waals surface area contributed by atoms with Gasteiger partial charge in [0.25, 0.3) is 0 Å². The Labute approximate surface area is 266 Å². The maximum atomic E-state index is 14.7. The van der Waals surface area contributed by atoms with Gasteiger partial charge in [0.1, 0.15) is 0 Å². The second-order valence-electron chi connectivity index (χ2n) is 11.3. The SMILES string of the molecule is COc1ccc(-c2ccc3nc(-c4ccc(N5CCN(c6ncc(CN)cn6)CC5)c(C(F)(F)F)c4)c4c([nH]c(=O)n4C)c3c2)cn1. The van der Waals surface area contributed by atoms with Crippen LogP contribution in [0.3, 0.4) is 0 Å². The largest absolute Gasteiger partial charge is 0.481 e. The number of ether oxygens (including phenoxy) is 1. The lowest BCUT2D eigenvalue weighted by molar-refractivity contribution is -0.137. The number of hydrogen-bond donors (Lipinski definition) is 2. The summed E-state index contributed by atoms with van der Waals surface area (Å²) in [5.41, 5.74) is 8.92. The maximum absolute atomic E-state index is 14.7. The number of aromatic amines is 1. The number of fused-ring (bicyclic) bond motifs is 3. The van der Waals surface area contributed by atoms with Crippen molar-refractivity contribution in [2.75, 3.05) is 43.1 Å². The smallest absolute Gasteiger partial charge is 0.418 e. The van der Waals surface area contributed by atoms with Crippen LogP contribution in [0, 0.1) is 0 Å². The van der Waals surface area contributed by atoms with Crippen LogP contribution in [0.5, 0.6) is 5.88 Å². The van der Waals surface area contributed by atoms with E-state index in [1.807, 2.05) is 23.1 Å². The lowest BCUT2D eigenvalue weighted by atomic mass is 10.00. The summed E-state index contributed by atoms with van der Waals surface area (Å²) >= 11 is 0. The van der Waals surface area contributed by atoms with Crippen LogP contribution in [0.15, 0.2) is 71.9 Å². The number of H-pyrrole nitrogens is 1. The number of pyridine rings is 2. The summed E-state index contributed by atoms with van der Waals surface area (Å²) in [5, 5.41) is 0.655. The first kappa shape index (κ1) is 30.2. The molecule has 14 heteroatoms. The highest BCUT2D eigenvalue weighted by molar-refractivity contribution is 6.08. The number of anilines is 2. The third-order valence-electron chi connectivity index (χ3n) is 8.52. The van der Waals surface area contributed by atoms with Gasteiger partial charge in [0.2, 0.25) is 11.8 Å². The van der Waals surface area contributed by atoms with Gasteiger partial charge in [-0.2, -0.15) is 13.2 Å². The number of rotatable bonds is 6. The Kier molecular flexibility index (Phi) is 7.51. The van der Waals surface area contributed by atoms with Crippen molar-refractivity contribution in [3.63, 3.8) is 0 Å². The molecule has 11 nitrogen and oxygen atoms in total. The number of imidazole rings is 1. The number of nitrogens with one attached hydrogen (secondary N) is 1. The molecule has 5 heterocycles. The van der Waals surface area contributed by atoms with Crippen molar-refractivity contribution in [1.82, 2.24) is 29.5 Å². The molecule has 7 rings (SSSR count). The van der Waals surface area contributed by atoms with Crippen LogP contribution in [-0.2, 0) is 19.8 Å². The first-order valence-electron chi connectivity index (χ1n) is 14.9. The molecular weight excluding hydrogens is 611 g/mol. The summed E-state index contributed by atoms with van der Waals surface area (Å²) in [7, 11) is 3.11. The van der Waals surface area contributed by atoms with E-state index in [-0.39, 0.29) is 16.9 Å². The molecule has 0 radical (unpaired) electrons. The normalized spacial score (nSPS) is 13.9. The molecular formula is C33H30F3N9O2. The van der Waals surface area contributed by atoms with E-state index in [0.29, 0.717) is 66.5 Å². The molecule has 47 heavy (non-hydrogen) atoms. The summed E-state index contributed by atoms with van der Waals surface area (Å²) in [5.74, 6) is 0.996. The number of hydrogen-bond acceptors (Lipinski definition) is 9. The van der Waals surface area contributed by atoms with Gasteiger partial charge >= 0.3 is 11.9 Å². The molecule has 0 bridgehead atoms. The summed E-state index contributed by atoms with van der Waals surface area (Å²) in [4.78, 5) is 37.2. The molecule has 0 atom stereocenters. The van der Waals surface area contributed by atoms with E-state index >= 15 is 0 Å². The van der Waals surface area contributed by atoms with Crippen molar-refractivity contribution < 1.29 is 17.9 Å². The molecule has 1 aliphatic heterocycles. The van der Waals surface area contributed by atoms with E-state index in [2.05, 4.69) is 19.9 Å². The van der Waals surface area contributed by atoms with Crippen molar-refractivity contribution in [2.24, 2.45) is 12.8 Å². The molecule has 1 saturated heterocycles. The van der Waals surface area contributed by atoms with Crippen LogP contribution >= 0.6 is 0 Å². The van der Waals surface area contributed by atoms with Crippen LogP contribution in [0.25, 0.3) is 44.3 Å². The van der Waals surface area contributed by atoms with Crippen LogP contribution in [0.2, 0.25) is 0 Å². The molecule has 0 spiro atoms. The Morgan fingerprint density at radius 3 is 2.26 bits per heavy atom. The average Bonchev–Trinajstić information content (AvgIpc) is 3.40. The highest BCUT2D eigenvalue weighted by atomic mass is 19.4.